The Labute approximate surface area is 95.4 Å². The maximum absolute atomic E-state index is 10.8. The molecule has 0 fully saturated rings. The maximum Gasteiger partial charge on any atom is 0.333 e. The minimum atomic E-state index is -0.931. The van der Waals surface area contributed by atoms with E-state index in [2.05, 4.69) is 0 Å². The fourth-order valence-corrected chi connectivity index (χ4v) is 1.44. The lowest BCUT2D eigenvalue weighted by Crippen LogP contribution is -2.24. The van der Waals surface area contributed by atoms with E-state index in [0.29, 0.717) is 6.42 Å². The highest BCUT2D eigenvalue weighted by Crippen LogP contribution is 2.09. The summed E-state index contributed by atoms with van der Waals surface area (Å²) in [5, 5.41) is 8.84. The van der Waals surface area contributed by atoms with Crippen molar-refractivity contribution in [1.29, 1.82) is 0 Å². The summed E-state index contributed by atoms with van der Waals surface area (Å²) in [6, 6.07) is 7.77. The van der Waals surface area contributed by atoms with E-state index in [1.807, 2.05) is 43.3 Å². The van der Waals surface area contributed by atoms with Crippen molar-refractivity contribution in [3.63, 3.8) is 0 Å². The molecule has 16 heavy (non-hydrogen) atoms. The number of allylic oxidation sites excluding steroid dienone is 1. The van der Waals surface area contributed by atoms with Crippen LogP contribution in [0.4, 0.5) is 0 Å². The van der Waals surface area contributed by atoms with Crippen LogP contribution >= 0.6 is 0 Å². The zero-order valence-corrected chi connectivity index (χ0v) is 9.51. The highest BCUT2D eigenvalue weighted by molar-refractivity contribution is 5.72. The van der Waals surface area contributed by atoms with Crippen molar-refractivity contribution in [2.24, 2.45) is 0 Å². The zero-order valence-electron chi connectivity index (χ0n) is 9.51. The standard InChI is InChI=1S/C13H16O3/c1-3-4-10-5-7-11(8-6-10)9-12(16-2)13(14)15/h3-8,12H,9H2,1-2H3,(H,14,15)/b4-3+. The summed E-state index contributed by atoms with van der Waals surface area (Å²) in [4.78, 5) is 10.8. The second-order valence-electron chi connectivity index (χ2n) is 3.51. The summed E-state index contributed by atoms with van der Waals surface area (Å²) in [5.74, 6) is -0.931. The monoisotopic (exact) mass is 220 g/mol. The van der Waals surface area contributed by atoms with Gasteiger partial charge < -0.3 is 9.84 Å². The molecule has 0 amide bonds. The van der Waals surface area contributed by atoms with Gasteiger partial charge >= 0.3 is 5.97 Å². The van der Waals surface area contributed by atoms with Crippen LogP contribution in [0.1, 0.15) is 18.1 Å². The number of benzene rings is 1. The average molecular weight is 220 g/mol. The van der Waals surface area contributed by atoms with Crippen molar-refractivity contribution in [1.82, 2.24) is 0 Å². The SMILES string of the molecule is C/C=C/c1ccc(CC(OC)C(=O)O)cc1. The first-order valence-corrected chi connectivity index (χ1v) is 5.14. The van der Waals surface area contributed by atoms with Crippen LogP contribution in [0.5, 0.6) is 0 Å². The van der Waals surface area contributed by atoms with E-state index in [1.165, 1.54) is 7.11 Å². The molecule has 86 valence electrons. The Morgan fingerprint density at radius 2 is 2.06 bits per heavy atom. The molecule has 0 saturated heterocycles. The number of hydrogen-bond donors (Lipinski definition) is 1. The first-order valence-electron chi connectivity index (χ1n) is 5.14. The summed E-state index contributed by atoms with van der Waals surface area (Å²) in [6.07, 6.45) is 3.58. The Morgan fingerprint density at radius 1 is 1.44 bits per heavy atom. The van der Waals surface area contributed by atoms with Crippen molar-refractivity contribution in [3.05, 3.63) is 41.5 Å². The van der Waals surface area contributed by atoms with Gasteiger partial charge in [-0.05, 0) is 18.1 Å². The van der Waals surface area contributed by atoms with Gasteiger partial charge in [-0.15, -0.1) is 0 Å². The van der Waals surface area contributed by atoms with Gasteiger partial charge in [0.15, 0.2) is 6.10 Å². The number of methoxy groups -OCH3 is 1. The van der Waals surface area contributed by atoms with Crippen LogP contribution in [0, 0.1) is 0 Å². The van der Waals surface area contributed by atoms with E-state index in [1.54, 1.807) is 0 Å². The Balaban J connectivity index is 2.71. The van der Waals surface area contributed by atoms with E-state index >= 15 is 0 Å². The van der Waals surface area contributed by atoms with Gasteiger partial charge in [0.2, 0.25) is 0 Å². The van der Waals surface area contributed by atoms with E-state index in [9.17, 15) is 4.79 Å². The molecule has 3 heteroatoms. The molecule has 0 spiro atoms. The molecular formula is C13H16O3. The molecule has 1 aromatic carbocycles. The molecule has 0 aliphatic carbocycles. The van der Waals surface area contributed by atoms with Gasteiger partial charge in [0.05, 0.1) is 0 Å². The molecule has 1 unspecified atom stereocenters. The Bertz CT molecular complexity index is 365. The molecule has 3 nitrogen and oxygen atoms in total. The molecule has 0 aliphatic heterocycles. The Morgan fingerprint density at radius 3 is 2.50 bits per heavy atom. The fourth-order valence-electron chi connectivity index (χ4n) is 1.44. The average Bonchev–Trinajstić information content (AvgIpc) is 2.28. The largest absolute Gasteiger partial charge is 0.479 e. The number of aliphatic carboxylic acids is 1. The van der Waals surface area contributed by atoms with Gasteiger partial charge in [-0.2, -0.15) is 0 Å². The van der Waals surface area contributed by atoms with Gasteiger partial charge in [0.25, 0.3) is 0 Å². The number of hydrogen-bond acceptors (Lipinski definition) is 2. The highest BCUT2D eigenvalue weighted by atomic mass is 16.5. The molecule has 1 rings (SSSR count). The summed E-state index contributed by atoms with van der Waals surface area (Å²) < 4.78 is 4.88. The van der Waals surface area contributed by atoms with E-state index in [4.69, 9.17) is 9.84 Å². The third-order valence-corrected chi connectivity index (χ3v) is 2.32. The normalized spacial score (nSPS) is 12.9. The lowest BCUT2D eigenvalue weighted by Gasteiger charge is -2.10. The number of rotatable bonds is 5. The van der Waals surface area contributed by atoms with Crippen molar-refractivity contribution >= 4 is 12.0 Å². The fraction of sp³-hybridized carbons (Fsp3) is 0.308. The molecule has 1 aromatic rings. The van der Waals surface area contributed by atoms with Crippen LogP contribution in [0.25, 0.3) is 6.08 Å². The lowest BCUT2D eigenvalue weighted by atomic mass is 10.1. The first kappa shape index (κ1) is 12.5. The number of carboxylic acids is 1. The van der Waals surface area contributed by atoms with Crippen molar-refractivity contribution in [3.8, 4) is 0 Å². The highest BCUT2D eigenvalue weighted by Gasteiger charge is 2.16. The third kappa shape index (κ3) is 3.51. The number of ether oxygens (including phenoxy) is 1. The first-order chi connectivity index (χ1) is 7.67. The van der Waals surface area contributed by atoms with Crippen LogP contribution in [0.2, 0.25) is 0 Å². The third-order valence-electron chi connectivity index (χ3n) is 2.32. The molecule has 0 radical (unpaired) electrons. The van der Waals surface area contributed by atoms with Crippen molar-refractivity contribution < 1.29 is 14.6 Å². The predicted octanol–water partition coefficient (Wildman–Crippen LogP) is 2.36. The van der Waals surface area contributed by atoms with Gasteiger partial charge in [0.1, 0.15) is 0 Å². The number of carboxylic acid groups (broad SMARTS) is 1. The van der Waals surface area contributed by atoms with Gasteiger partial charge in [-0.3, -0.25) is 0 Å². The van der Waals surface area contributed by atoms with Crippen molar-refractivity contribution in [2.45, 2.75) is 19.4 Å². The van der Waals surface area contributed by atoms with E-state index in [-0.39, 0.29) is 0 Å². The van der Waals surface area contributed by atoms with Gasteiger partial charge in [-0.25, -0.2) is 4.79 Å². The van der Waals surface area contributed by atoms with Crippen molar-refractivity contribution in [2.75, 3.05) is 7.11 Å². The molecule has 0 heterocycles. The van der Waals surface area contributed by atoms with Crippen LogP contribution in [0.3, 0.4) is 0 Å². The second kappa shape index (κ2) is 6.08. The van der Waals surface area contributed by atoms with Crippen LogP contribution < -0.4 is 0 Å². The minimum absolute atomic E-state index is 0.391. The quantitative estimate of drug-likeness (QED) is 0.828. The molecule has 1 atom stereocenters. The molecule has 0 bridgehead atoms. The Hall–Kier alpha value is -1.61. The molecule has 0 aromatic heterocycles. The van der Waals surface area contributed by atoms with E-state index in [0.717, 1.165) is 11.1 Å². The van der Waals surface area contributed by atoms with Gasteiger partial charge in [0, 0.05) is 13.5 Å². The number of carbonyl (C=O) groups is 1. The Kier molecular flexibility index (Phi) is 4.73. The van der Waals surface area contributed by atoms with Crippen LogP contribution in [-0.2, 0) is 16.0 Å². The molecular weight excluding hydrogens is 204 g/mol. The maximum atomic E-state index is 10.8. The van der Waals surface area contributed by atoms with Gasteiger partial charge in [-0.1, -0.05) is 36.4 Å². The summed E-state index contributed by atoms with van der Waals surface area (Å²) in [7, 11) is 1.41. The van der Waals surface area contributed by atoms with E-state index < -0.39 is 12.1 Å². The summed E-state index contributed by atoms with van der Waals surface area (Å²) >= 11 is 0. The predicted molar refractivity (Wildman–Crippen MR) is 63.3 cm³/mol. The zero-order chi connectivity index (χ0) is 12.0. The van der Waals surface area contributed by atoms with Crippen LogP contribution in [0.15, 0.2) is 30.3 Å². The minimum Gasteiger partial charge on any atom is -0.479 e. The summed E-state index contributed by atoms with van der Waals surface area (Å²) in [6.45, 7) is 1.96. The molecule has 0 aliphatic rings. The topological polar surface area (TPSA) is 46.5 Å². The molecule has 0 saturated carbocycles. The lowest BCUT2D eigenvalue weighted by molar-refractivity contribution is -0.148. The smallest absolute Gasteiger partial charge is 0.333 e. The summed E-state index contributed by atoms with van der Waals surface area (Å²) in [5.41, 5.74) is 2.07. The van der Waals surface area contributed by atoms with Crippen LogP contribution in [-0.4, -0.2) is 24.3 Å². The second-order valence-corrected chi connectivity index (χ2v) is 3.51. The molecule has 1 N–H and O–H groups in total.